The number of hydrogen-bond donors (Lipinski definition) is 0. The van der Waals surface area contributed by atoms with Crippen molar-refractivity contribution < 1.29 is 5.79 Å². The lowest BCUT2D eigenvalue weighted by Gasteiger charge is -2.18. The Kier molecular flexibility index (Phi) is 5.83. The first-order chi connectivity index (χ1) is 23.0. The molecule has 9 aromatic rings. The van der Waals surface area contributed by atoms with E-state index in [1.54, 1.807) is 0 Å². The van der Waals surface area contributed by atoms with Crippen molar-refractivity contribution in [3.63, 3.8) is 0 Å². The molecule has 0 amide bonds. The van der Waals surface area contributed by atoms with Gasteiger partial charge in [-0.1, -0.05) is 147 Å². The van der Waals surface area contributed by atoms with E-state index in [9.17, 15) is 0 Å². The minimum Gasteiger partial charge on any atom is -0.456 e. The average Bonchev–Trinajstić information content (AvgIpc) is 3.49. The summed E-state index contributed by atoms with van der Waals surface area (Å²) in [5, 5.41) is 9.50. The van der Waals surface area contributed by atoms with Gasteiger partial charge in [0.2, 0.25) is 0 Å². The van der Waals surface area contributed by atoms with Gasteiger partial charge in [0.1, 0.15) is 11.2 Å². The van der Waals surface area contributed by atoms with Crippen LogP contribution in [0.3, 0.4) is 0 Å². The Balaban J connectivity index is 1.22. The van der Waals surface area contributed by atoms with Crippen molar-refractivity contribution in [1.29, 1.82) is 0 Å². The van der Waals surface area contributed by atoms with Gasteiger partial charge in [0.15, 0.2) is 0 Å². The van der Waals surface area contributed by atoms with Crippen molar-refractivity contribution in [3.8, 4) is 33.4 Å². The second kappa shape index (κ2) is 10.5. The van der Waals surface area contributed by atoms with Crippen LogP contribution in [0.4, 0.5) is 0 Å². The summed E-state index contributed by atoms with van der Waals surface area (Å²) in [5.41, 5.74) is 10.4. The molecule has 1 aromatic heterocycles. The molecule has 1 nitrogen and oxygen atoms in total. The molecular weight excluding hydrogens is 556 g/mol. The van der Waals surface area contributed by atoms with E-state index in [0.717, 1.165) is 27.3 Å². The SMILES string of the molecule is [2H]c1ccc2cc(-c3c4ccccc4c(-c4ccc(-c5cccc6oc7cc(C(C)C)ccc7c56)cc4)c4ccccc34)ccc2c1. The van der Waals surface area contributed by atoms with Crippen LogP contribution >= 0.6 is 0 Å². The van der Waals surface area contributed by atoms with Gasteiger partial charge in [0.05, 0.1) is 1.37 Å². The van der Waals surface area contributed by atoms with Crippen molar-refractivity contribution in [3.05, 3.63) is 157 Å². The van der Waals surface area contributed by atoms with E-state index in [2.05, 4.69) is 147 Å². The number of rotatable bonds is 4. The summed E-state index contributed by atoms with van der Waals surface area (Å²) in [6, 6.07) is 52.7. The predicted octanol–water partition coefficient (Wildman–Crippen LogP) is 13.2. The molecule has 0 saturated carbocycles. The van der Waals surface area contributed by atoms with Gasteiger partial charge in [-0.25, -0.2) is 0 Å². The quantitative estimate of drug-likeness (QED) is 0.186. The third-order valence-electron chi connectivity index (χ3n) is 9.58. The van der Waals surface area contributed by atoms with Crippen molar-refractivity contribution in [2.75, 3.05) is 0 Å². The molecule has 0 fully saturated rings. The predicted molar refractivity (Wildman–Crippen MR) is 197 cm³/mol. The molecule has 0 radical (unpaired) electrons. The Labute approximate surface area is 269 Å². The fourth-order valence-electron chi connectivity index (χ4n) is 7.29. The highest BCUT2D eigenvalue weighted by Gasteiger charge is 2.18. The van der Waals surface area contributed by atoms with Crippen LogP contribution in [0.2, 0.25) is 0 Å². The molecule has 0 aliphatic heterocycles. The summed E-state index contributed by atoms with van der Waals surface area (Å²) in [6.07, 6.45) is 0. The van der Waals surface area contributed by atoms with Gasteiger partial charge in [0, 0.05) is 10.8 Å². The zero-order chi connectivity index (χ0) is 31.6. The highest BCUT2D eigenvalue weighted by molar-refractivity contribution is 6.22. The minimum absolute atomic E-state index is 0.450. The third-order valence-corrected chi connectivity index (χ3v) is 9.58. The topological polar surface area (TPSA) is 13.1 Å². The lowest BCUT2D eigenvalue weighted by atomic mass is 9.85. The van der Waals surface area contributed by atoms with Crippen LogP contribution in [0.1, 0.15) is 26.7 Å². The van der Waals surface area contributed by atoms with Gasteiger partial charge >= 0.3 is 0 Å². The van der Waals surface area contributed by atoms with Gasteiger partial charge in [-0.2, -0.15) is 0 Å². The first-order valence-corrected chi connectivity index (χ1v) is 16.0. The monoisotopic (exact) mass is 589 g/mol. The zero-order valence-corrected chi connectivity index (χ0v) is 25.8. The largest absolute Gasteiger partial charge is 0.456 e. The number of fused-ring (bicyclic) bond motifs is 6. The van der Waals surface area contributed by atoms with E-state index in [1.807, 2.05) is 12.1 Å². The molecule has 0 unspecified atom stereocenters. The zero-order valence-electron chi connectivity index (χ0n) is 26.8. The first kappa shape index (κ1) is 25.6. The molecule has 9 rings (SSSR count). The second-order valence-corrected chi connectivity index (χ2v) is 12.6. The lowest BCUT2D eigenvalue weighted by Crippen LogP contribution is -1.91. The first-order valence-electron chi connectivity index (χ1n) is 16.5. The van der Waals surface area contributed by atoms with E-state index in [0.29, 0.717) is 12.0 Å². The standard InChI is InChI=1S/C45H32O/c1-28(2)32-24-25-40-42(27-32)46-41-17-9-16-35(45(40)41)30-19-21-31(22-20-30)43-36-12-5-7-14-38(36)44(39-15-8-6-13-37(39)43)34-23-18-29-10-3-4-11-33(29)26-34/h3-28H,1-2H3/i3D. The van der Waals surface area contributed by atoms with Crippen LogP contribution in [-0.2, 0) is 0 Å². The van der Waals surface area contributed by atoms with Gasteiger partial charge in [0.25, 0.3) is 0 Å². The molecule has 0 N–H and O–H groups in total. The molecule has 0 saturated heterocycles. The molecule has 0 aliphatic carbocycles. The molecule has 46 heavy (non-hydrogen) atoms. The number of benzene rings is 8. The lowest BCUT2D eigenvalue weighted by molar-refractivity contribution is 0.667. The number of hydrogen-bond acceptors (Lipinski definition) is 1. The minimum atomic E-state index is 0.450. The van der Waals surface area contributed by atoms with Crippen LogP contribution in [0, 0.1) is 0 Å². The summed E-state index contributed by atoms with van der Waals surface area (Å²) in [5.74, 6) is 0.450. The van der Waals surface area contributed by atoms with Crippen LogP contribution < -0.4 is 0 Å². The van der Waals surface area contributed by atoms with Crippen molar-refractivity contribution in [2.45, 2.75) is 19.8 Å². The maximum atomic E-state index is 8.05. The second-order valence-electron chi connectivity index (χ2n) is 12.6. The third kappa shape index (κ3) is 4.16. The van der Waals surface area contributed by atoms with Gasteiger partial charge in [-0.3, -0.25) is 0 Å². The van der Waals surface area contributed by atoms with Crippen LogP contribution in [-0.4, -0.2) is 0 Å². The normalized spacial score (nSPS) is 12.2. The smallest absolute Gasteiger partial charge is 0.136 e. The fraction of sp³-hybridized carbons (Fsp3) is 0.0667. The molecule has 0 bridgehead atoms. The maximum absolute atomic E-state index is 8.05. The van der Waals surface area contributed by atoms with Crippen molar-refractivity contribution in [1.82, 2.24) is 0 Å². The summed E-state index contributed by atoms with van der Waals surface area (Å²) >= 11 is 0. The Morgan fingerprint density at radius 1 is 0.478 bits per heavy atom. The molecule has 1 heterocycles. The highest BCUT2D eigenvalue weighted by atomic mass is 16.3. The van der Waals surface area contributed by atoms with E-state index in [-0.39, 0.29) is 0 Å². The molecule has 1 heteroatoms. The Hall–Kier alpha value is -5.66. The molecule has 0 aliphatic rings. The van der Waals surface area contributed by atoms with Gasteiger partial charge in [-0.05, 0) is 95.4 Å². The van der Waals surface area contributed by atoms with E-state index in [1.165, 1.54) is 65.9 Å². The fourth-order valence-corrected chi connectivity index (χ4v) is 7.29. The van der Waals surface area contributed by atoms with E-state index < -0.39 is 0 Å². The average molecular weight is 590 g/mol. The van der Waals surface area contributed by atoms with Crippen molar-refractivity contribution in [2.24, 2.45) is 0 Å². The Bertz CT molecular complexity index is 2600. The van der Waals surface area contributed by atoms with Crippen molar-refractivity contribution >= 4 is 54.3 Å². The van der Waals surface area contributed by atoms with E-state index in [4.69, 9.17) is 5.79 Å². The van der Waals surface area contributed by atoms with E-state index >= 15 is 0 Å². The van der Waals surface area contributed by atoms with Gasteiger partial charge < -0.3 is 4.42 Å². The summed E-state index contributed by atoms with van der Waals surface area (Å²) < 4.78 is 14.4. The number of furan rings is 1. The molecule has 0 atom stereocenters. The van der Waals surface area contributed by atoms with Crippen LogP contribution in [0.15, 0.2) is 156 Å². The molecule has 0 spiro atoms. The molecule has 218 valence electrons. The Morgan fingerprint density at radius 2 is 1.13 bits per heavy atom. The summed E-state index contributed by atoms with van der Waals surface area (Å²) in [4.78, 5) is 0. The van der Waals surface area contributed by atoms with Crippen LogP contribution in [0.5, 0.6) is 0 Å². The summed E-state index contributed by atoms with van der Waals surface area (Å²) in [7, 11) is 0. The maximum Gasteiger partial charge on any atom is 0.136 e. The Morgan fingerprint density at radius 3 is 1.83 bits per heavy atom. The summed E-state index contributed by atoms with van der Waals surface area (Å²) in [6.45, 7) is 4.43. The van der Waals surface area contributed by atoms with Crippen LogP contribution in [0.25, 0.3) is 87.6 Å². The highest BCUT2D eigenvalue weighted by Crippen LogP contribution is 2.45. The molecule has 8 aromatic carbocycles. The van der Waals surface area contributed by atoms with Gasteiger partial charge in [-0.15, -0.1) is 0 Å². The molecular formula is C45H32O.